The van der Waals surface area contributed by atoms with Crippen molar-refractivity contribution in [1.82, 2.24) is 9.80 Å². The molecule has 3 rings (SSSR count). The van der Waals surface area contributed by atoms with Crippen molar-refractivity contribution in [2.75, 3.05) is 38.7 Å². The van der Waals surface area contributed by atoms with E-state index in [0.29, 0.717) is 11.7 Å². The Morgan fingerprint density at radius 1 is 1.17 bits per heavy atom. The third-order valence-corrected chi connectivity index (χ3v) is 5.17. The van der Waals surface area contributed by atoms with Crippen LogP contribution in [0.25, 0.3) is 0 Å². The summed E-state index contributed by atoms with van der Waals surface area (Å²) in [5.41, 5.74) is 0.618. The van der Waals surface area contributed by atoms with E-state index in [1.54, 1.807) is 17.0 Å². The summed E-state index contributed by atoms with van der Waals surface area (Å²) in [5, 5.41) is 2.83. The summed E-state index contributed by atoms with van der Waals surface area (Å²) in [7, 11) is 1.84. The van der Waals surface area contributed by atoms with Gasteiger partial charge in [0.05, 0.1) is 0 Å². The molecule has 6 heteroatoms. The van der Waals surface area contributed by atoms with Gasteiger partial charge in [-0.05, 0) is 49.9 Å². The van der Waals surface area contributed by atoms with Crippen LogP contribution in [0, 0.1) is 5.82 Å². The number of halogens is 1. The summed E-state index contributed by atoms with van der Waals surface area (Å²) in [6.45, 7) is 3.79. The van der Waals surface area contributed by atoms with E-state index in [4.69, 9.17) is 4.74 Å². The molecule has 1 aromatic rings. The van der Waals surface area contributed by atoms with Crippen LogP contribution in [0.5, 0.6) is 0 Å². The Morgan fingerprint density at radius 3 is 2.42 bits per heavy atom. The molecule has 0 bridgehead atoms. The first-order valence-corrected chi connectivity index (χ1v) is 8.74. The van der Waals surface area contributed by atoms with Gasteiger partial charge >= 0.3 is 6.03 Å². The molecule has 2 aliphatic heterocycles. The molecular formula is C18H26FN3O2. The highest BCUT2D eigenvalue weighted by Gasteiger charge is 2.29. The number of rotatable bonds is 3. The van der Waals surface area contributed by atoms with Crippen LogP contribution in [0.3, 0.4) is 0 Å². The molecule has 2 saturated heterocycles. The summed E-state index contributed by atoms with van der Waals surface area (Å²) in [6, 6.07) is 6.61. The summed E-state index contributed by atoms with van der Waals surface area (Å²) in [5.74, 6) is -0.304. The molecular weight excluding hydrogens is 309 g/mol. The molecule has 0 radical (unpaired) electrons. The van der Waals surface area contributed by atoms with Gasteiger partial charge in [0, 0.05) is 51.1 Å². The predicted octanol–water partition coefficient (Wildman–Crippen LogP) is 2.93. The van der Waals surface area contributed by atoms with Gasteiger partial charge in [-0.25, -0.2) is 9.18 Å². The summed E-state index contributed by atoms with van der Waals surface area (Å²) < 4.78 is 18.4. The molecule has 24 heavy (non-hydrogen) atoms. The van der Waals surface area contributed by atoms with Crippen LogP contribution in [0.2, 0.25) is 0 Å². The number of carbonyl (C=O) groups is 1. The highest BCUT2D eigenvalue weighted by Crippen LogP contribution is 2.22. The second-order valence-corrected chi connectivity index (χ2v) is 6.66. The van der Waals surface area contributed by atoms with Gasteiger partial charge in [-0.2, -0.15) is 0 Å². The molecule has 132 valence electrons. The number of hydrogen-bond donors (Lipinski definition) is 1. The monoisotopic (exact) mass is 335 g/mol. The van der Waals surface area contributed by atoms with E-state index >= 15 is 0 Å². The minimum Gasteiger partial charge on any atom is -0.381 e. The lowest BCUT2D eigenvalue weighted by molar-refractivity contribution is 0.0190. The molecule has 2 aliphatic rings. The third-order valence-electron chi connectivity index (χ3n) is 5.17. The van der Waals surface area contributed by atoms with Gasteiger partial charge in [-0.1, -0.05) is 0 Å². The summed E-state index contributed by atoms with van der Waals surface area (Å²) in [4.78, 5) is 16.7. The molecule has 0 saturated carbocycles. The van der Waals surface area contributed by atoms with Crippen molar-refractivity contribution < 1.29 is 13.9 Å². The van der Waals surface area contributed by atoms with Gasteiger partial charge in [0.2, 0.25) is 0 Å². The second-order valence-electron chi connectivity index (χ2n) is 6.66. The number of likely N-dealkylation sites (tertiary alicyclic amines) is 1. The number of ether oxygens (including phenoxy) is 1. The maximum atomic E-state index is 12.9. The number of nitrogens with zero attached hydrogens (tertiary/aromatic N) is 2. The molecule has 2 amide bonds. The first-order chi connectivity index (χ1) is 11.6. The Bertz CT molecular complexity index is 538. The zero-order valence-electron chi connectivity index (χ0n) is 14.2. The SMILES string of the molecule is CN(C(=O)Nc1ccc(F)cc1)C1CCN(C2CCOCC2)CC1. The Kier molecular flexibility index (Phi) is 5.68. The first kappa shape index (κ1) is 17.2. The minimum atomic E-state index is -0.304. The van der Waals surface area contributed by atoms with E-state index in [0.717, 1.165) is 52.0 Å². The maximum Gasteiger partial charge on any atom is 0.321 e. The van der Waals surface area contributed by atoms with Gasteiger partial charge < -0.3 is 19.9 Å². The quantitative estimate of drug-likeness (QED) is 0.924. The van der Waals surface area contributed by atoms with Crippen molar-refractivity contribution in [3.8, 4) is 0 Å². The summed E-state index contributed by atoms with van der Waals surface area (Å²) in [6.07, 6.45) is 4.21. The zero-order valence-corrected chi connectivity index (χ0v) is 14.2. The van der Waals surface area contributed by atoms with Gasteiger partial charge in [0.1, 0.15) is 5.82 Å². The number of carbonyl (C=O) groups excluding carboxylic acids is 1. The minimum absolute atomic E-state index is 0.133. The number of benzene rings is 1. The number of hydrogen-bond acceptors (Lipinski definition) is 3. The van der Waals surface area contributed by atoms with Crippen molar-refractivity contribution in [1.29, 1.82) is 0 Å². The number of piperidine rings is 1. The van der Waals surface area contributed by atoms with E-state index in [1.807, 2.05) is 7.05 Å². The largest absolute Gasteiger partial charge is 0.381 e. The van der Waals surface area contributed by atoms with Crippen LogP contribution < -0.4 is 5.32 Å². The molecule has 0 atom stereocenters. The average Bonchev–Trinajstić information content (AvgIpc) is 2.64. The molecule has 5 nitrogen and oxygen atoms in total. The Hall–Kier alpha value is -1.66. The Labute approximate surface area is 142 Å². The van der Waals surface area contributed by atoms with Crippen LogP contribution in [0.15, 0.2) is 24.3 Å². The average molecular weight is 335 g/mol. The number of urea groups is 1. The highest BCUT2D eigenvalue weighted by molar-refractivity contribution is 5.89. The predicted molar refractivity (Wildman–Crippen MR) is 91.6 cm³/mol. The molecule has 2 heterocycles. The zero-order chi connectivity index (χ0) is 16.9. The first-order valence-electron chi connectivity index (χ1n) is 8.74. The lowest BCUT2D eigenvalue weighted by Crippen LogP contribution is -2.50. The highest BCUT2D eigenvalue weighted by atomic mass is 19.1. The molecule has 2 fully saturated rings. The van der Waals surface area contributed by atoms with Crippen molar-refractivity contribution >= 4 is 11.7 Å². The topological polar surface area (TPSA) is 44.8 Å². The van der Waals surface area contributed by atoms with Crippen molar-refractivity contribution in [3.05, 3.63) is 30.1 Å². The van der Waals surface area contributed by atoms with E-state index in [9.17, 15) is 9.18 Å². The van der Waals surface area contributed by atoms with E-state index < -0.39 is 0 Å². The fourth-order valence-corrected chi connectivity index (χ4v) is 3.60. The molecule has 0 spiro atoms. The lowest BCUT2D eigenvalue weighted by atomic mass is 9.99. The van der Waals surface area contributed by atoms with Crippen molar-refractivity contribution in [2.24, 2.45) is 0 Å². The fourth-order valence-electron chi connectivity index (χ4n) is 3.60. The van der Waals surface area contributed by atoms with E-state index in [1.165, 1.54) is 12.1 Å². The van der Waals surface area contributed by atoms with Gasteiger partial charge in [-0.3, -0.25) is 0 Å². The van der Waals surface area contributed by atoms with Crippen LogP contribution in [0.1, 0.15) is 25.7 Å². The standard InChI is InChI=1S/C18H26FN3O2/c1-21(18(23)20-15-4-2-14(19)3-5-15)16-6-10-22(11-7-16)17-8-12-24-13-9-17/h2-5,16-17H,6-13H2,1H3,(H,20,23). The Balaban J connectivity index is 1.48. The maximum absolute atomic E-state index is 12.9. The number of nitrogens with one attached hydrogen (secondary N) is 1. The third kappa shape index (κ3) is 4.24. The molecule has 0 aliphatic carbocycles. The van der Waals surface area contributed by atoms with E-state index in [-0.39, 0.29) is 17.9 Å². The Morgan fingerprint density at radius 2 is 1.79 bits per heavy atom. The van der Waals surface area contributed by atoms with Gasteiger partial charge in [0.25, 0.3) is 0 Å². The normalized spacial score (nSPS) is 20.8. The van der Waals surface area contributed by atoms with Gasteiger partial charge in [0.15, 0.2) is 0 Å². The molecule has 0 unspecified atom stereocenters. The lowest BCUT2D eigenvalue weighted by Gasteiger charge is -2.41. The van der Waals surface area contributed by atoms with E-state index in [2.05, 4.69) is 10.2 Å². The smallest absolute Gasteiger partial charge is 0.321 e. The molecule has 0 aromatic heterocycles. The summed E-state index contributed by atoms with van der Waals surface area (Å²) >= 11 is 0. The number of anilines is 1. The van der Waals surface area contributed by atoms with Crippen LogP contribution >= 0.6 is 0 Å². The van der Waals surface area contributed by atoms with Crippen molar-refractivity contribution in [2.45, 2.75) is 37.8 Å². The van der Waals surface area contributed by atoms with Crippen molar-refractivity contribution in [3.63, 3.8) is 0 Å². The van der Waals surface area contributed by atoms with Crippen LogP contribution in [-0.2, 0) is 4.74 Å². The van der Waals surface area contributed by atoms with Gasteiger partial charge in [-0.15, -0.1) is 0 Å². The van der Waals surface area contributed by atoms with Crippen LogP contribution in [0.4, 0.5) is 14.9 Å². The second kappa shape index (κ2) is 7.94. The molecule has 1 N–H and O–H groups in total. The molecule has 1 aromatic carbocycles. The van der Waals surface area contributed by atoms with Crippen LogP contribution in [-0.4, -0.2) is 61.3 Å². The fraction of sp³-hybridized carbons (Fsp3) is 0.611. The number of amides is 2.